The SMILES string of the molecule is CCNCc1ccccc1-c1ccsc1. The molecule has 0 aliphatic heterocycles. The van der Waals surface area contributed by atoms with E-state index in [9.17, 15) is 0 Å². The topological polar surface area (TPSA) is 12.0 Å². The highest BCUT2D eigenvalue weighted by Gasteiger charge is 2.03. The van der Waals surface area contributed by atoms with Crippen molar-refractivity contribution in [2.45, 2.75) is 13.5 Å². The number of hydrogen-bond acceptors (Lipinski definition) is 2. The second kappa shape index (κ2) is 5.10. The summed E-state index contributed by atoms with van der Waals surface area (Å²) in [4.78, 5) is 0. The fraction of sp³-hybridized carbons (Fsp3) is 0.231. The van der Waals surface area contributed by atoms with Crippen molar-refractivity contribution in [3.05, 3.63) is 46.7 Å². The van der Waals surface area contributed by atoms with Crippen LogP contribution in [0.3, 0.4) is 0 Å². The molecule has 0 saturated carbocycles. The first-order valence-electron chi connectivity index (χ1n) is 5.23. The van der Waals surface area contributed by atoms with E-state index in [1.165, 1.54) is 16.7 Å². The van der Waals surface area contributed by atoms with Gasteiger partial charge in [-0.05, 0) is 40.1 Å². The van der Waals surface area contributed by atoms with Crippen molar-refractivity contribution in [2.75, 3.05) is 6.54 Å². The van der Waals surface area contributed by atoms with Gasteiger partial charge in [-0.2, -0.15) is 11.3 Å². The molecule has 1 aromatic heterocycles. The molecule has 0 aliphatic carbocycles. The zero-order valence-corrected chi connectivity index (χ0v) is 9.68. The maximum atomic E-state index is 3.37. The van der Waals surface area contributed by atoms with Crippen LogP contribution in [0.15, 0.2) is 41.1 Å². The van der Waals surface area contributed by atoms with Gasteiger partial charge in [0.15, 0.2) is 0 Å². The molecule has 0 aliphatic rings. The van der Waals surface area contributed by atoms with E-state index < -0.39 is 0 Å². The molecule has 0 fully saturated rings. The van der Waals surface area contributed by atoms with Gasteiger partial charge in [0.2, 0.25) is 0 Å². The molecule has 0 radical (unpaired) electrons. The monoisotopic (exact) mass is 217 g/mol. The van der Waals surface area contributed by atoms with Crippen LogP contribution < -0.4 is 5.32 Å². The Balaban J connectivity index is 2.30. The van der Waals surface area contributed by atoms with E-state index in [4.69, 9.17) is 0 Å². The maximum absolute atomic E-state index is 3.37. The Bertz CT molecular complexity index is 406. The predicted molar refractivity (Wildman–Crippen MR) is 67.1 cm³/mol. The van der Waals surface area contributed by atoms with Crippen LogP contribution in [-0.2, 0) is 6.54 Å². The highest BCUT2D eigenvalue weighted by atomic mass is 32.1. The van der Waals surface area contributed by atoms with E-state index in [0.717, 1.165) is 13.1 Å². The minimum atomic E-state index is 0.947. The first-order chi connectivity index (χ1) is 7.42. The van der Waals surface area contributed by atoms with Crippen LogP contribution in [0.4, 0.5) is 0 Å². The lowest BCUT2D eigenvalue weighted by Crippen LogP contribution is -2.12. The molecule has 0 amide bonds. The van der Waals surface area contributed by atoms with E-state index in [2.05, 4.69) is 53.3 Å². The first-order valence-corrected chi connectivity index (χ1v) is 6.17. The van der Waals surface area contributed by atoms with Gasteiger partial charge in [-0.3, -0.25) is 0 Å². The molecule has 0 spiro atoms. The third-order valence-corrected chi connectivity index (χ3v) is 3.10. The quantitative estimate of drug-likeness (QED) is 0.826. The van der Waals surface area contributed by atoms with Crippen LogP contribution >= 0.6 is 11.3 Å². The Morgan fingerprint density at radius 3 is 2.80 bits per heavy atom. The molecule has 0 atom stereocenters. The summed E-state index contributed by atoms with van der Waals surface area (Å²) in [5.74, 6) is 0. The molecule has 0 unspecified atom stereocenters. The van der Waals surface area contributed by atoms with Gasteiger partial charge in [0, 0.05) is 6.54 Å². The zero-order valence-electron chi connectivity index (χ0n) is 8.86. The van der Waals surface area contributed by atoms with E-state index in [1.54, 1.807) is 11.3 Å². The lowest BCUT2D eigenvalue weighted by Gasteiger charge is -2.08. The van der Waals surface area contributed by atoms with Crippen molar-refractivity contribution in [3.63, 3.8) is 0 Å². The molecule has 2 aromatic rings. The zero-order chi connectivity index (χ0) is 10.5. The lowest BCUT2D eigenvalue weighted by molar-refractivity contribution is 0.728. The van der Waals surface area contributed by atoms with Gasteiger partial charge in [-0.1, -0.05) is 31.2 Å². The highest BCUT2D eigenvalue weighted by molar-refractivity contribution is 7.08. The summed E-state index contributed by atoms with van der Waals surface area (Å²) in [5, 5.41) is 7.69. The summed E-state index contributed by atoms with van der Waals surface area (Å²) in [6.07, 6.45) is 0. The van der Waals surface area contributed by atoms with Gasteiger partial charge in [0.25, 0.3) is 0 Å². The Kier molecular flexibility index (Phi) is 3.54. The Morgan fingerprint density at radius 1 is 1.20 bits per heavy atom. The number of thiophene rings is 1. The Labute approximate surface area is 94.8 Å². The summed E-state index contributed by atoms with van der Waals surface area (Å²) < 4.78 is 0. The third-order valence-electron chi connectivity index (χ3n) is 2.41. The van der Waals surface area contributed by atoms with Crippen LogP contribution in [0.1, 0.15) is 12.5 Å². The lowest BCUT2D eigenvalue weighted by atomic mass is 10.0. The van der Waals surface area contributed by atoms with E-state index in [1.807, 2.05) is 0 Å². The summed E-state index contributed by atoms with van der Waals surface area (Å²) in [5.41, 5.74) is 4.05. The smallest absolute Gasteiger partial charge is 0.0211 e. The number of rotatable bonds is 4. The van der Waals surface area contributed by atoms with Crippen molar-refractivity contribution in [2.24, 2.45) is 0 Å². The van der Waals surface area contributed by atoms with Crippen LogP contribution in [0.25, 0.3) is 11.1 Å². The molecule has 1 heterocycles. The van der Waals surface area contributed by atoms with Crippen LogP contribution in [0, 0.1) is 0 Å². The van der Waals surface area contributed by atoms with Crippen molar-refractivity contribution in [1.82, 2.24) is 5.32 Å². The molecule has 78 valence electrons. The van der Waals surface area contributed by atoms with Crippen molar-refractivity contribution in [3.8, 4) is 11.1 Å². The van der Waals surface area contributed by atoms with E-state index in [0.29, 0.717) is 0 Å². The average Bonchev–Trinajstić information content (AvgIpc) is 2.80. The van der Waals surface area contributed by atoms with Gasteiger partial charge in [0.1, 0.15) is 0 Å². The largest absolute Gasteiger partial charge is 0.313 e. The van der Waals surface area contributed by atoms with Gasteiger partial charge in [-0.25, -0.2) is 0 Å². The van der Waals surface area contributed by atoms with Crippen molar-refractivity contribution in [1.29, 1.82) is 0 Å². The van der Waals surface area contributed by atoms with Gasteiger partial charge in [0.05, 0.1) is 0 Å². The Morgan fingerprint density at radius 2 is 2.07 bits per heavy atom. The average molecular weight is 217 g/mol. The van der Waals surface area contributed by atoms with Gasteiger partial charge < -0.3 is 5.32 Å². The van der Waals surface area contributed by atoms with Gasteiger partial charge >= 0.3 is 0 Å². The van der Waals surface area contributed by atoms with Crippen molar-refractivity contribution >= 4 is 11.3 Å². The molecule has 1 nitrogen and oxygen atoms in total. The molecular formula is C13H15NS. The van der Waals surface area contributed by atoms with Crippen LogP contribution in [0.2, 0.25) is 0 Å². The fourth-order valence-corrected chi connectivity index (χ4v) is 2.29. The summed E-state index contributed by atoms with van der Waals surface area (Å²) >= 11 is 1.75. The summed E-state index contributed by atoms with van der Waals surface area (Å²) in [6, 6.07) is 10.8. The Hall–Kier alpha value is -1.12. The number of benzene rings is 1. The van der Waals surface area contributed by atoms with E-state index in [-0.39, 0.29) is 0 Å². The molecule has 2 rings (SSSR count). The summed E-state index contributed by atoms with van der Waals surface area (Å²) in [7, 11) is 0. The normalized spacial score (nSPS) is 10.5. The molecular weight excluding hydrogens is 202 g/mol. The standard InChI is InChI=1S/C13H15NS/c1-2-14-9-11-5-3-4-6-13(11)12-7-8-15-10-12/h3-8,10,14H,2,9H2,1H3. The maximum Gasteiger partial charge on any atom is 0.0211 e. The molecule has 0 bridgehead atoms. The molecule has 1 N–H and O–H groups in total. The molecule has 0 saturated heterocycles. The summed E-state index contributed by atoms with van der Waals surface area (Å²) in [6.45, 7) is 4.09. The fourth-order valence-electron chi connectivity index (χ4n) is 1.63. The minimum Gasteiger partial charge on any atom is -0.313 e. The van der Waals surface area contributed by atoms with Crippen LogP contribution in [-0.4, -0.2) is 6.54 Å². The molecule has 1 aromatic carbocycles. The number of nitrogens with one attached hydrogen (secondary N) is 1. The number of hydrogen-bond donors (Lipinski definition) is 1. The van der Waals surface area contributed by atoms with Gasteiger partial charge in [-0.15, -0.1) is 0 Å². The second-order valence-electron chi connectivity index (χ2n) is 3.45. The highest BCUT2D eigenvalue weighted by Crippen LogP contribution is 2.25. The third kappa shape index (κ3) is 2.46. The predicted octanol–water partition coefficient (Wildman–Crippen LogP) is 3.52. The van der Waals surface area contributed by atoms with E-state index >= 15 is 0 Å². The van der Waals surface area contributed by atoms with Crippen LogP contribution in [0.5, 0.6) is 0 Å². The minimum absolute atomic E-state index is 0.947. The molecule has 2 heteroatoms. The van der Waals surface area contributed by atoms with Crippen molar-refractivity contribution < 1.29 is 0 Å². The second-order valence-corrected chi connectivity index (χ2v) is 4.23. The first kappa shape index (κ1) is 10.4. The molecule has 15 heavy (non-hydrogen) atoms.